The third kappa shape index (κ3) is 2.08. The quantitative estimate of drug-likeness (QED) is 0.704. The van der Waals surface area contributed by atoms with Gasteiger partial charge in [-0.3, -0.25) is 9.36 Å². The molecule has 94 valence electrons. The molecule has 0 atom stereocenters. The smallest absolute Gasteiger partial charge is 0.265 e. The van der Waals surface area contributed by atoms with Crippen LogP contribution < -0.4 is 5.56 Å². The number of rotatable bonds is 2. The molecule has 19 heavy (non-hydrogen) atoms. The minimum Gasteiger partial charge on any atom is -0.465 e. The zero-order valence-electron chi connectivity index (χ0n) is 10.4. The summed E-state index contributed by atoms with van der Waals surface area (Å²) in [5, 5.41) is 0.609. The number of hydrogen-bond acceptors (Lipinski definition) is 3. The van der Waals surface area contributed by atoms with Crippen molar-refractivity contribution in [1.82, 2.24) is 9.55 Å². The molecule has 2 heterocycles. The van der Waals surface area contributed by atoms with Gasteiger partial charge in [0.05, 0.1) is 17.2 Å². The standard InChI is InChI=1S/C15H12N2O2/c1-11-16-14-7-3-2-6-13(14)15(18)17(11)9-8-12-5-4-10-19-12/h2-10H,1H3/b9-8+. The van der Waals surface area contributed by atoms with Crippen molar-refractivity contribution in [1.29, 1.82) is 0 Å². The molecule has 2 aromatic heterocycles. The molecule has 1 aromatic carbocycles. The first-order valence-corrected chi connectivity index (χ1v) is 5.95. The Kier molecular flexibility index (Phi) is 2.76. The van der Waals surface area contributed by atoms with Crippen molar-refractivity contribution in [3.63, 3.8) is 0 Å². The largest absolute Gasteiger partial charge is 0.465 e. The van der Waals surface area contributed by atoms with Crippen molar-refractivity contribution in [2.45, 2.75) is 6.92 Å². The van der Waals surface area contributed by atoms with Crippen LogP contribution in [0.5, 0.6) is 0 Å². The van der Waals surface area contributed by atoms with Crippen molar-refractivity contribution in [3.8, 4) is 0 Å². The van der Waals surface area contributed by atoms with E-state index in [9.17, 15) is 4.79 Å². The lowest BCUT2D eigenvalue weighted by molar-refractivity contribution is 0.557. The first-order chi connectivity index (χ1) is 9.25. The molecule has 0 aliphatic heterocycles. The maximum atomic E-state index is 12.3. The second kappa shape index (κ2) is 4.57. The van der Waals surface area contributed by atoms with Crippen LogP contribution >= 0.6 is 0 Å². The fraction of sp³-hybridized carbons (Fsp3) is 0.0667. The molecule has 4 nitrogen and oxygen atoms in total. The topological polar surface area (TPSA) is 48.0 Å². The highest BCUT2D eigenvalue weighted by molar-refractivity contribution is 5.78. The molecule has 0 bridgehead atoms. The van der Waals surface area contributed by atoms with Crippen molar-refractivity contribution in [3.05, 3.63) is 64.6 Å². The van der Waals surface area contributed by atoms with Crippen LogP contribution in [0, 0.1) is 6.92 Å². The number of para-hydroxylation sites is 1. The van der Waals surface area contributed by atoms with Crippen LogP contribution in [0.2, 0.25) is 0 Å². The van der Waals surface area contributed by atoms with Crippen molar-refractivity contribution in [2.75, 3.05) is 0 Å². The number of furan rings is 1. The molecule has 0 saturated carbocycles. The van der Waals surface area contributed by atoms with Gasteiger partial charge in [-0.1, -0.05) is 12.1 Å². The fourth-order valence-corrected chi connectivity index (χ4v) is 1.97. The lowest BCUT2D eigenvalue weighted by Crippen LogP contribution is -2.19. The van der Waals surface area contributed by atoms with Crippen LogP contribution in [0.3, 0.4) is 0 Å². The summed E-state index contributed by atoms with van der Waals surface area (Å²) in [6.45, 7) is 1.81. The second-order valence-corrected chi connectivity index (χ2v) is 4.18. The minimum atomic E-state index is -0.0779. The molecule has 0 aliphatic carbocycles. The molecule has 0 saturated heterocycles. The van der Waals surface area contributed by atoms with Gasteiger partial charge in [-0.25, -0.2) is 4.98 Å². The molecule has 3 rings (SSSR count). The van der Waals surface area contributed by atoms with Gasteiger partial charge in [-0.2, -0.15) is 0 Å². The van der Waals surface area contributed by atoms with Crippen LogP contribution in [0.15, 0.2) is 51.9 Å². The van der Waals surface area contributed by atoms with Gasteiger partial charge in [0.25, 0.3) is 5.56 Å². The molecule has 0 fully saturated rings. The highest BCUT2D eigenvalue weighted by Gasteiger charge is 2.05. The van der Waals surface area contributed by atoms with Gasteiger partial charge in [0.2, 0.25) is 0 Å². The monoisotopic (exact) mass is 252 g/mol. The van der Waals surface area contributed by atoms with E-state index in [0.717, 1.165) is 0 Å². The highest BCUT2D eigenvalue weighted by Crippen LogP contribution is 2.09. The molecule has 0 spiro atoms. The third-order valence-electron chi connectivity index (χ3n) is 2.92. The van der Waals surface area contributed by atoms with E-state index in [1.54, 1.807) is 37.6 Å². The maximum absolute atomic E-state index is 12.3. The second-order valence-electron chi connectivity index (χ2n) is 4.18. The Morgan fingerprint density at radius 1 is 1.21 bits per heavy atom. The van der Waals surface area contributed by atoms with Crippen molar-refractivity contribution >= 4 is 23.2 Å². The van der Waals surface area contributed by atoms with E-state index in [2.05, 4.69) is 4.98 Å². The van der Waals surface area contributed by atoms with E-state index < -0.39 is 0 Å². The Balaban J connectivity index is 2.16. The molecular formula is C15H12N2O2. The van der Waals surface area contributed by atoms with Crippen LogP contribution in [-0.2, 0) is 0 Å². The van der Waals surface area contributed by atoms with Gasteiger partial charge in [0.1, 0.15) is 11.6 Å². The van der Waals surface area contributed by atoms with Crippen LogP contribution in [-0.4, -0.2) is 9.55 Å². The summed E-state index contributed by atoms with van der Waals surface area (Å²) >= 11 is 0. The number of aryl methyl sites for hydroxylation is 1. The third-order valence-corrected chi connectivity index (χ3v) is 2.92. The zero-order chi connectivity index (χ0) is 13.2. The molecular weight excluding hydrogens is 240 g/mol. The summed E-state index contributed by atoms with van der Waals surface area (Å²) in [4.78, 5) is 16.8. The number of fused-ring (bicyclic) bond motifs is 1. The number of benzene rings is 1. The average molecular weight is 252 g/mol. The summed E-state index contributed by atoms with van der Waals surface area (Å²) in [6.07, 6.45) is 5.01. The van der Waals surface area contributed by atoms with Gasteiger partial charge in [0, 0.05) is 6.20 Å². The average Bonchev–Trinajstić information content (AvgIpc) is 2.92. The van der Waals surface area contributed by atoms with E-state index >= 15 is 0 Å². The summed E-state index contributed by atoms with van der Waals surface area (Å²) in [5.41, 5.74) is 0.638. The van der Waals surface area contributed by atoms with E-state index in [4.69, 9.17) is 4.42 Å². The van der Waals surface area contributed by atoms with Gasteiger partial charge in [-0.05, 0) is 37.3 Å². The Bertz CT molecular complexity index is 799. The van der Waals surface area contributed by atoms with Gasteiger partial charge in [0.15, 0.2) is 0 Å². The van der Waals surface area contributed by atoms with Gasteiger partial charge in [-0.15, -0.1) is 0 Å². The van der Waals surface area contributed by atoms with Crippen molar-refractivity contribution < 1.29 is 4.42 Å². The number of aromatic nitrogens is 2. The zero-order valence-corrected chi connectivity index (χ0v) is 10.4. The van der Waals surface area contributed by atoms with E-state index in [1.807, 2.05) is 24.3 Å². The first-order valence-electron chi connectivity index (χ1n) is 5.95. The Morgan fingerprint density at radius 3 is 2.84 bits per heavy atom. The molecule has 3 aromatic rings. The fourth-order valence-electron chi connectivity index (χ4n) is 1.97. The van der Waals surface area contributed by atoms with Crippen LogP contribution in [0.4, 0.5) is 0 Å². The number of hydrogen-bond donors (Lipinski definition) is 0. The lowest BCUT2D eigenvalue weighted by Gasteiger charge is -2.05. The maximum Gasteiger partial charge on any atom is 0.265 e. The molecule has 0 radical (unpaired) electrons. The van der Waals surface area contributed by atoms with Gasteiger partial charge < -0.3 is 4.42 Å². The van der Waals surface area contributed by atoms with E-state index in [-0.39, 0.29) is 5.56 Å². The Morgan fingerprint density at radius 2 is 2.05 bits per heavy atom. The summed E-state index contributed by atoms with van der Waals surface area (Å²) < 4.78 is 6.72. The normalized spacial score (nSPS) is 11.4. The predicted molar refractivity (Wildman–Crippen MR) is 74.7 cm³/mol. The van der Waals surface area contributed by atoms with Crippen molar-refractivity contribution in [2.24, 2.45) is 0 Å². The predicted octanol–water partition coefficient (Wildman–Crippen LogP) is 2.93. The summed E-state index contributed by atoms with van der Waals surface area (Å²) in [6, 6.07) is 10.9. The molecule has 0 N–H and O–H groups in total. The molecule has 0 aliphatic rings. The SMILES string of the molecule is Cc1nc2ccccc2c(=O)n1/C=C/c1ccco1. The lowest BCUT2D eigenvalue weighted by atomic mass is 10.2. The molecule has 4 heteroatoms. The molecule has 0 amide bonds. The van der Waals surface area contributed by atoms with E-state index in [0.29, 0.717) is 22.5 Å². The summed E-state index contributed by atoms with van der Waals surface area (Å²) in [7, 11) is 0. The van der Waals surface area contributed by atoms with Crippen LogP contribution in [0.25, 0.3) is 23.2 Å². The minimum absolute atomic E-state index is 0.0779. The number of nitrogens with zero attached hydrogens (tertiary/aromatic N) is 2. The summed E-state index contributed by atoms with van der Waals surface area (Å²) in [5.74, 6) is 1.34. The highest BCUT2D eigenvalue weighted by atomic mass is 16.3. The Labute approximate surface area is 109 Å². The van der Waals surface area contributed by atoms with Gasteiger partial charge >= 0.3 is 0 Å². The van der Waals surface area contributed by atoms with Crippen LogP contribution in [0.1, 0.15) is 11.6 Å². The molecule has 0 unspecified atom stereocenters. The Hall–Kier alpha value is -2.62. The van der Waals surface area contributed by atoms with E-state index in [1.165, 1.54) is 4.57 Å². The first kappa shape index (κ1) is 11.5.